The minimum Gasteiger partial charge on any atom is -0.348 e. The van der Waals surface area contributed by atoms with Crippen molar-refractivity contribution in [1.29, 1.82) is 0 Å². The van der Waals surface area contributed by atoms with Crippen molar-refractivity contribution in [2.24, 2.45) is 7.05 Å². The Labute approximate surface area is 122 Å². The lowest BCUT2D eigenvalue weighted by Gasteiger charge is -2.07. The molecule has 2 aromatic heterocycles. The highest BCUT2D eigenvalue weighted by molar-refractivity contribution is 6.31. The smallest absolute Gasteiger partial charge is 0.203 e. The second-order valence-corrected chi connectivity index (χ2v) is 5.05. The average Bonchev–Trinajstić information content (AvgIpc) is 3.01. The number of imidazole rings is 2. The topological polar surface area (TPSA) is 47.7 Å². The van der Waals surface area contributed by atoms with Crippen molar-refractivity contribution >= 4 is 28.6 Å². The molecule has 0 atom stereocenters. The highest BCUT2D eigenvalue weighted by Gasteiger charge is 2.09. The van der Waals surface area contributed by atoms with Gasteiger partial charge in [0.05, 0.1) is 17.6 Å². The van der Waals surface area contributed by atoms with Crippen LogP contribution in [0.2, 0.25) is 5.02 Å². The fourth-order valence-corrected chi connectivity index (χ4v) is 2.45. The minimum atomic E-state index is 0.645. The van der Waals surface area contributed by atoms with Crippen LogP contribution in [-0.4, -0.2) is 19.1 Å². The minimum absolute atomic E-state index is 0.645. The third kappa shape index (κ3) is 2.25. The summed E-state index contributed by atoms with van der Waals surface area (Å²) >= 11 is 6.00. The molecule has 1 aromatic carbocycles. The quantitative estimate of drug-likeness (QED) is 0.803. The van der Waals surface area contributed by atoms with E-state index in [1.807, 2.05) is 42.2 Å². The van der Waals surface area contributed by atoms with E-state index in [0.29, 0.717) is 11.6 Å². The van der Waals surface area contributed by atoms with Gasteiger partial charge in [0.15, 0.2) is 0 Å². The molecule has 1 N–H and O–H groups in total. The average molecular weight is 290 g/mol. The summed E-state index contributed by atoms with van der Waals surface area (Å²) in [5.74, 6) is 1.81. The molecule has 0 amide bonds. The molecule has 0 unspecified atom stereocenters. The molecule has 0 spiro atoms. The summed E-state index contributed by atoms with van der Waals surface area (Å²) in [5.41, 5.74) is 1.94. The van der Waals surface area contributed by atoms with E-state index in [1.54, 1.807) is 0 Å². The van der Waals surface area contributed by atoms with E-state index in [4.69, 9.17) is 11.6 Å². The van der Waals surface area contributed by atoms with E-state index in [1.165, 1.54) is 0 Å². The Kier molecular flexibility index (Phi) is 3.36. The third-order valence-electron chi connectivity index (χ3n) is 3.39. The Morgan fingerprint density at radius 1 is 1.35 bits per heavy atom. The number of hydrogen-bond donors (Lipinski definition) is 1. The maximum absolute atomic E-state index is 6.00. The zero-order valence-electron chi connectivity index (χ0n) is 11.5. The number of anilines is 1. The number of nitrogens with zero attached hydrogens (tertiary/aromatic N) is 4. The van der Waals surface area contributed by atoms with Gasteiger partial charge >= 0.3 is 0 Å². The summed E-state index contributed by atoms with van der Waals surface area (Å²) in [5, 5.41) is 4.02. The molecule has 3 rings (SSSR count). The first-order chi connectivity index (χ1) is 9.69. The number of hydrogen-bond acceptors (Lipinski definition) is 3. The molecule has 5 nitrogen and oxygen atoms in total. The van der Waals surface area contributed by atoms with E-state index in [-0.39, 0.29) is 0 Å². The Bertz CT molecular complexity index is 743. The van der Waals surface area contributed by atoms with Crippen LogP contribution in [0.5, 0.6) is 0 Å². The number of fused-ring (bicyclic) bond motifs is 1. The van der Waals surface area contributed by atoms with Crippen LogP contribution < -0.4 is 5.32 Å². The first-order valence-corrected chi connectivity index (χ1v) is 6.92. The van der Waals surface area contributed by atoms with Gasteiger partial charge in [0.1, 0.15) is 5.82 Å². The van der Waals surface area contributed by atoms with Crippen LogP contribution >= 0.6 is 11.6 Å². The van der Waals surface area contributed by atoms with Crippen molar-refractivity contribution in [2.75, 3.05) is 5.32 Å². The van der Waals surface area contributed by atoms with Crippen molar-refractivity contribution in [3.8, 4) is 0 Å². The van der Waals surface area contributed by atoms with Crippen LogP contribution in [0.3, 0.4) is 0 Å². The van der Waals surface area contributed by atoms with Crippen LogP contribution in [0.25, 0.3) is 11.0 Å². The molecule has 0 aliphatic rings. The maximum Gasteiger partial charge on any atom is 0.203 e. The highest BCUT2D eigenvalue weighted by atomic mass is 35.5. The van der Waals surface area contributed by atoms with E-state index < -0.39 is 0 Å². The molecule has 6 heteroatoms. The summed E-state index contributed by atoms with van der Waals surface area (Å²) in [4.78, 5) is 8.90. The monoisotopic (exact) mass is 289 g/mol. The molecule has 0 radical (unpaired) electrons. The Morgan fingerprint density at radius 2 is 2.20 bits per heavy atom. The lowest BCUT2D eigenvalue weighted by atomic mass is 10.3. The molecule has 0 saturated heterocycles. The maximum atomic E-state index is 6.00. The molecule has 0 aliphatic carbocycles. The first kappa shape index (κ1) is 13.0. The summed E-state index contributed by atoms with van der Waals surface area (Å²) < 4.78 is 4.12. The third-order valence-corrected chi connectivity index (χ3v) is 3.62. The molecule has 3 aromatic rings. The second-order valence-electron chi connectivity index (χ2n) is 4.61. The fraction of sp³-hybridized carbons (Fsp3) is 0.286. The van der Waals surface area contributed by atoms with Gasteiger partial charge in [-0.2, -0.15) is 0 Å². The van der Waals surface area contributed by atoms with Gasteiger partial charge in [-0.3, -0.25) is 0 Å². The fourth-order valence-electron chi connectivity index (χ4n) is 2.28. The Hall–Kier alpha value is -2.01. The van der Waals surface area contributed by atoms with Crippen LogP contribution in [-0.2, 0) is 20.1 Å². The molecule has 20 heavy (non-hydrogen) atoms. The van der Waals surface area contributed by atoms with Crippen molar-refractivity contribution in [3.63, 3.8) is 0 Å². The van der Waals surface area contributed by atoms with Crippen molar-refractivity contribution in [3.05, 3.63) is 41.4 Å². The van der Waals surface area contributed by atoms with E-state index in [2.05, 4.69) is 26.8 Å². The van der Waals surface area contributed by atoms with Gasteiger partial charge in [0.25, 0.3) is 0 Å². The zero-order valence-corrected chi connectivity index (χ0v) is 12.2. The second kappa shape index (κ2) is 5.17. The van der Waals surface area contributed by atoms with Crippen LogP contribution in [0.1, 0.15) is 12.7 Å². The standard InChI is InChI=1S/C14H16ClN5/c1-3-20-7-6-16-13(20)9-17-14-18-11-8-10(15)4-5-12(11)19(14)2/h4-8H,3,9H2,1-2H3,(H,17,18). The molecule has 0 aliphatic heterocycles. The molecule has 0 saturated carbocycles. The van der Waals surface area contributed by atoms with Crippen molar-refractivity contribution in [2.45, 2.75) is 20.0 Å². The summed E-state index contributed by atoms with van der Waals surface area (Å²) in [6.45, 7) is 3.66. The Morgan fingerprint density at radius 3 is 3.00 bits per heavy atom. The number of aryl methyl sites for hydroxylation is 2. The number of nitrogens with one attached hydrogen (secondary N) is 1. The number of aromatic nitrogens is 4. The SMILES string of the molecule is CCn1ccnc1CNc1nc2cc(Cl)ccc2n1C. The van der Waals surface area contributed by atoms with Gasteiger partial charge < -0.3 is 14.5 Å². The number of rotatable bonds is 4. The van der Waals surface area contributed by atoms with Gasteiger partial charge in [-0.05, 0) is 25.1 Å². The van der Waals surface area contributed by atoms with Crippen molar-refractivity contribution < 1.29 is 0 Å². The number of benzene rings is 1. The molecular weight excluding hydrogens is 274 g/mol. The Balaban J connectivity index is 1.86. The van der Waals surface area contributed by atoms with E-state index in [9.17, 15) is 0 Å². The van der Waals surface area contributed by atoms with E-state index in [0.717, 1.165) is 29.4 Å². The lowest BCUT2D eigenvalue weighted by molar-refractivity contribution is 0.705. The highest BCUT2D eigenvalue weighted by Crippen LogP contribution is 2.22. The van der Waals surface area contributed by atoms with Gasteiger partial charge in [0, 0.05) is 31.0 Å². The van der Waals surface area contributed by atoms with Crippen LogP contribution in [0, 0.1) is 0 Å². The molecule has 0 fully saturated rings. The zero-order chi connectivity index (χ0) is 14.1. The first-order valence-electron chi connectivity index (χ1n) is 6.55. The summed E-state index contributed by atoms with van der Waals surface area (Å²) in [7, 11) is 1.98. The molecule has 2 heterocycles. The van der Waals surface area contributed by atoms with Gasteiger partial charge in [-0.1, -0.05) is 11.6 Å². The van der Waals surface area contributed by atoms with Gasteiger partial charge in [-0.25, -0.2) is 9.97 Å². The van der Waals surface area contributed by atoms with Crippen molar-refractivity contribution in [1.82, 2.24) is 19.1 Å². The van der Waals surface area contributed by atoms with E-state index >= 15 is 0 Å². The van der Waals surface area contributed by atoms with Crippen LogP contribution in [0.4, 0.5) is 5.95 Å². The van der Waals surface area contributed by atoms with Crippen LogP contribution in [0.15, 0.2) is 30.6 Å². The summed E-state index contributed by atoms with van der Waals surface area (Å²) in [6, 6.07) is 5.72. The largest absolute Gasteiger partial charge is 0.348 e. The normalized spacial score (nSPS) is 11.2. The molecule has 104 valence electrons. The number of halogens is 1. The summed E-state index contributed by atoms with van der Waals surface area (Å²) in [6.07, 6.45) is 3.79. The molecular formula is C14H16ClN5. The lowest BCUT2D eigenvalue weighted by Crippen LogP contribution is -2.10. The van der Waals surface area contributed by atoms with Gasteiger partial charge in [-0.15, -0.1) is 0 Å². The van der Waals surface area contributed by atoms with Gasteiger partial charge in [0.2, 0.25) is 5.95 Å². The predicted octanol–water partition coefficient (Wildman–Crippen LogP) is 3.06. The predicted molar refractivity (Wildman–Crippen MR) is 81.0 cm³/mol. The molecule has 0 bridgehead atoms.